The second-order valence-electron chi connectivity index (χ2n) is 4.25. The Balaban J connectivity index is 2.29. The van der Waals surface area contributed by atoms with Crippen LogP contribution in [0.2, 0.25) is 0 Å². The minimum atomic E-state index is -0.559. The molecule has 0 amide bonds. The van der Waals surface area contributed by atoms with Crippen LogP contribution in [0.1, 0.15) is 24.9 Å². The van der Waals surface area contributed by atoms with Gasteiger partial charge < -0.3 is 5.32 Å². The number of hydrogen-bond acceptors (Lipinski definition) is 1. The molecule has 0 aliphatic carbocycles. The van der Waals surface area contributed by atoms with Crippen LogP contribution in [-0.4, -0.2) is 0 Å². The van der Waals surface area contributed by atoms with Crippen LogP contribution in [0.3, 0.4) is 0 Å². The molecule has 2 aromatic carbocycles. The van der Waals surface area contributed by atoms with Gasteiger partial charge in [0.15, 0.2) is 0 Å². The number of anilines is 1. The van der Waals surface area contributed by atoms with Gasteiger partial charge in [-0.2, -0.15) is 0 Å². The zero-order valence-electron chi connectivity index (χ0n) is 10.5. The van der Waals surface area contributed by atoms with Gasteiger partial charge >= 0.3 is 0 Å². The molecule has 0 saturated carbocycles. The molecule has 0 radical (unpaired) electrons. The summed E-state index contributed by atoms with van der Waals surface area (Å²) in [5.41, 5.74) is 0.476. The predicted octanol–water partition coefficient (Wildman–Crippen LogP) is 4.67. The van der Waals surface area contributed by atoms with E-state index < -0.39 is 17.7 Å². The van der Waals surface area contributed by atoms with E-state index in [1.165, 1.54) is 6.07 Å². The minimum Gasteiger partial charge on any atom is -0.376 e. The van der Waals surface area contributed by atoms with Crippen molar-refractivity contribution in [2.75, 3.05) is 5.32 Å². The third-order valence-electron chi connectivity index (χ3n) is 2.95. The highest BCUT2D eigenvalue weighted by Gasteiger charge is 2.15. The maximum Gasteiger partial charge on any atom is 0.146 e. The monoisotopic (exact) mass is 265 g/mol. The van der Waals surface area contributed by atoms with E-state index in [0.29, 0.717) is 12.0 Å². The molecule has 2 rings (SSSR count). The summed E-state index contributed by atoms with van der Waals surface area (Å²) < 4.78 is 40.4. The molecule has 1 atom stereocenters. The van der Waals surface area contributed by atoms with Crippen LogP contribution >= 0.6 is 0 Å². The number of halogens is 3. The van der Waals surface area contributed by atoms with E-state index in [-0.39, 0.29) is 11.5 Å². The molecule has 1 nitrogen and oxygen atoms in total. The Hall–Kier alpha value is -1.97. The summed E-state index contributed by atoms with van der Waals surface area (Å²) in [6, 6.07) is 9.04. The Kier molecular flexibility index (Phi) is 4.10. The number of benzene rings is 2. The topological polar surface area (TPSA) is 12.0 Å². The lowest BCUT2D eigenvalue weighted by molar-refractivity contribution is 0.578. The van der Waals surface area contributed by atoms with Crippen molar-refractivity contribution < 1.29 is 13.2 Å². The van der Waals surface area contributed by atoms with Crippen molar-refractivity contribution in [2.24, 2.45) is 0 Å². The number of rotatable bonds is 4. The van der Waals surface area contributed by atoms with Crippen molar-refractivity contribution in [3.63, 3.8) is 0 Å². The summed E-state index contributed by atoms with van der Waals surface area (Å²) in [5.74, 6) is -1.46. The van der Waals surface area contributed by atoms with Crippen molar-refractivity contribution in [1.29, 1.82) is 0 Å². The predicted molar refractivity (Wildman–Crippen MR) is 69.4 cm³/mol. The molecule has 2 aromatic rings. The van der Waals surface area contributed by atoms with Gasteiger partial charge in [0.25, 0.3) is 0 Å². The summed E-state index contributed by atoms with van der Waals surface area (Å²) in [4.78, 5) is 0. The van der Waals surface area contributed by atoms with Gasteiger partial charge in [-0.25, -0.2) is 13.2 Å². The van der Waals surface area contributed by atoms with E-state index in [2.05, 4.69) is 5.32 Å². The van der Waals surface area contributed by atoms with E-state index in [1.807, 2.05) is 6.92 Å². The van der Waals surface area contributed by atoms with Gasteiger partial charge in [0.2, 0.25) is 0 Å². The molecule has 0 bridgehead atoms. The van der Waals surface area contributed by atoms with E-state index in [1.54, 1.807) is 18.2 Å². The highest BCUT2D eigenvalue weighted by atomic mass is 19.1. The van der Waals surface area contributed by atoms with Crippen LogP contribution in [0, 0.1) is 17.5 Å². The highest BCUT2D eigenvalue weighted by Crippen LogP contribution is 2.26. The quantitative estimate of drug-likeness (QED) is 0.847. The highest BCUT2D eigenvalue weighted by molar-refractivity contribution is 5.47. The van der Waals surface area contributed by atoms with Crippen LogP contribution in [0.25, 0.3) is 0 Å². The van der Waals surface area contributed by atoms with Crippen LogP contribution < -0.4 is 5.32 Å². The second-order valence-corrected chi connectivity index (χ2v) is 4.25. The smallest absolute Gasteiger partial charge is 0.146 e. The molecule has 0 aliphatic heterocycles. The first kappa shape index (κ1) is 13.5. The maximum absolute atomic E-state index is 13.7. The first-order chi connectivity index (χ1) is 9.11. The molecule has 1 unspecified atom stereocenters. The van der Waals surface area contributed by atoms with Gasteiger partial charge in [-0.15, -0.1) is 0 Å². The first-order valence-electron chi connectivity index (χ1n) is 6.08. The lowest BCUT2D eigenvalue weighted by Crippen LogP contribution is -2.12. The summed E-state index contributed by atoms with van der Waals surface area (Å²) >= 11 is 0. The number of hydrogen-bond donors (Lipinski definition) is 1. The van der Waals surface area contributed by atoms with Crippen molar-refractivity contribution in [3.8, 4) is 0 Å². The third-order valence-corrected chi connectivity index (χ3v) is 2.95. The van der Waals surface area contributed by atoms with Crippen molar-refractivity contribution >= 4 is 5.69 Å². The Morgan fingerprint density at radius 1 is 1.00 bits per heavy atom. The van der Waals surface area contributed by atoms with Gasteiger partial charge in [-0.05, 0) is 30.7 Å². The number of nitrogens with one attached hydrogen (secondary N) is 1. The standard InChI is InChI=1S/C15H14F3N/c1-2-14(11-5-3-4-6-12(11)17)19-15-9-10(16)7-8-13(15)18/h3-9,14,19H,2H2,1H3. The van der Waals surface area contributed by atoms with Gasteiger partial charge in [0.1, 0.15) is 17.5 Å². The molecular weight excluding hydrogens is 251 g/mol. The van der Waals surface area contributed by atoms with Gasteiger partial charge in [0, 0.05) is 5.56 Å². The fourth-order valence-corrected chi connectivity index (χ4v) is 1.95. The summed E-state index contributed by atoms with van der Waals surface area (Å²) in [6.07, 6.45) is 0.552. The Morgan fingerprint density at radius 3 is 2.42 bits per heavy atom. The maximum atomic E-state index is 13.7. The molecule has 0 heterocycles. The molecule has 4 heteroatoms. The SMILES string of the molecule is CCC(Nc1cc(F)ccc1F)c1ccccc1F. The largest absolute Gasteiger partial charge is 0.376 e. The van der Waals surface area contributed by atoms with Crippen LogP contribution in [0.15, 0.2) is 42.5 Å². The summed E-state index contributed by atoms with van der Waals surface area (Å²) in [5, 5.41) is 2.84. The first-order valence-corrected chi connectivity index (χ1v) is 6.08. The Bertz CT molecular complexity index is 569. The third kappa shape index (κ3) is 3.08. The van der Waals surface area contributed by atoms with E-state index in [4.69, 9.17) is 0 Å². The molecule has 0 saturated heterocycles. The van der Waals surface area contributed by atoms with Gasteiger partial charge in [0.05, 0.1) is 11.7 Å². The van der Waals surface area contributed by atoms with E-state index in [0.717, 1.165) is 18.2 Å². The zero-order chi connectivity index (χ0) is 13.8. The molecular formula is C15H14F3N. The fraction of sp³-hybridized carbons (Fsp3) is 0.200. The lowest BCUT2D eigenvalue weighted by Gasteiger charge is -2.19. The van der Waals surface area contributed by atoms with Crippen molar-refractivity contribution in [3.05, 3.63) is 65.5 Å². The Labute approximate surface area is 110 Å². The molecule has 0 aromatic heterocycles. The van der Waals surface area contributed by atoms with Crippen molar-refractivity contribution in [2.45, 2.75) is 19.4 Å². The van der Waals surface area contributed by atoms with Gasteiger partial charge in [-0.3, -0.25) is 0 Å². The van der Waals surface area contributed by atoms with Gasteiger partial charge in [-0.1, -0.05) is 25.1 Å². The Morgan fingerprint density at radius 2 is 1.74 bits per heavy atom. The van der Waals surface area contributed by atoms with Crippen LogP contribution in [0.4, 0.5) is 18.9 Å². The summed E-state index contributed by atoms with van der Waals surface area (Å²) in [7, 11) is 0. The normalized spacial score (nSPS) is 12.2. The molecule has 1 N–H and O–H groups in total. The fourth-order valence-electron chi connectivity index (χ4n) is 1.95. The lowest BCUT2D eigenvalue weighted by atomic mass is 10.0. The molecule has 0 spiro atoms. The molecule has 0 fully saturated rings. The van der Waals surface area contributed by atoms with Crippen molar-refractivity contribution in [1.82, 2.24) is 0 Å². The zero-order valence-corrected chi connectivity index (χ0v) is 10.5. The minimum absolute atomic E-state index is 0.0371. The average molecular weight is 265 g/mol. The average Bonchev–Trinajstić information content (AvgIpc) is 2.41. The van der Waals surface area contributed by atoms with Crippen LogP contribution in [0.5, 0.6) is 0 Å². The van der Waals surface area contributed by atoms with Crippen LogP contribution in [-0.2, 0) is 0 Å². The second kappa shape index (κ2) is 5.78. The van der Waals surface area contributed by atoms with E-state index >= 15 is 0 Å². The van der Waals surface area contributed by atoms with E-state index in [9.17, 15) is 13.2 Å². The molecule has 0 aliphatic rings. The summed E-state index contributed by atoms with van der Waals surface area (Å²) in [6.45, 7) is 1.85. The molecule has 100 valence electrons. The molecule has 19 heavy (non-hydrogen) atoms.